The summed E-state index contributed by atoms with van der Waals surface area (Å²) >= 11 is 0. The first kappa shape index (κ1) is 26.5. The van der Waals surface area contributed by atoms with Crippen molar-refractivity contribution in [3.8, 4) is 45.4 Å². The number of fused-ring (bicyclic) bond motifs is 7. The van der Waals surface area contributed by atoms with Gasteiger partial charge in [0.15, 0.2) is 17.5 Å². The normalized spacial score (nSPS) is 11.8. The maximum absolute atomic E-state index is 6.81. The van der Waals surface area contributed by atoms with Crippen LogP contribution in [-0.2, 0) is 0 Å². The van der Waals surface area contributed by atoms with Crippen LogP contribution in [0.25, 0.3) is 100 Å². The second-order valence-corrected chi connectivity index (χ2v) is 11.8. The van der Waals surface area contributed by atoms with Crippen LogP contribution in [0.3, 0.4) is 0 Å². The van der Waals surface area contributed by atoms with E-state index in [0.29, 0.717) is 28.8 Å². The van der Waals surface area contributed by atoms with Gasteiger partial charge in [-0.15, -0.1) is 0 Å². The van der Waals surface area contributed by atoms with Crippen LogP contribution in [-0.4, -0.2) is 19.9 Å². The van der Waals surface area contributed by atoms with Crippen molar-refractivity contribution < 1.29 is 8.83 Å². The van der Waals surface area contributed by atoms with E-state index in [1.54, 1.807) is 0 Å². The Morgan fingerprint density at radius 1 is 0.417 bits per heavy atom. The average Bonchev–Trinajstić information content (AvgIpc) is 3.73. The average molecular weight is 617 g/mol. The summed E-state index contributed by atoms with van der Waals surface area (Å²) in [5.74, 6) is 1.62. The molecule has 224 valence electrons. The highest BCUT2D eigenvalue weighted by molar-refractivity contribution is 6.19. The molecule has 0 bridgehead atoms. The summed E-state index contributed by atoms with van der Waals surface area (Å²) in [5, 5.41) is 6.09. The van der Waals surface area contributed by atoms with Gasteiger partial charge in [-0.25, -0.2) is 15.0 Å². The molecule has 0 spiro atoms. The van der Waals surface area contributed by atoms with E-state index in [1.165, 1.54) is 0 Å². The lowest BCUT2D eigenvalue weighted by atomic mass is 9.99. The van der Waals surface area contributed by atoms with Crippen molar-refractivity contribution in [2.75, 3.05) is 0 Å². The van der Waals surface area contributed by atoms with Gasteiger partial charge in [-0.2, -0.15) is 0 Å². The number of rotatable bonds is 4. The summed E-state index contributed by atoms with van der Waals surface area (Å²) in [7, 11) is 0. The minimum absolute atomic E-state index is 0.470. The summed E-state index contributed by atoms with van der Waals surface area (Å²) in [6.07, 6.45) is 1.86. The molecule has 4 heterocycles. The fourth-order valence-corrected chi connectivity index (χ4v) is 6.69. The van der Waals surface area contributed by atoms with Crippen molar-refractivity contribution >= 4 is 54.6 Å². The van der Waals surface area contributed by atoms with E-state index in [1.807, 2.05) is 97.2 Å². The summed E-state index contributed by atoms with van der Waals surface area (Å²) < 4.78 is 13.3. The van der Waals surface area contributed by atoms with Gasteiger partial charge >= 0.3 is 0 Å². The maximum Gasteiger partial charge on any atom is 0.183 e. The lowest BCUT2D eigenvalue weighted by Gasteiger charge is -2.10. The fourth-order valence-electron chi connectivity index (χ4n) is 6.69. The van der Waals surface area contributed by atoms with E-state index < -0.39 is 0 Å². The maximum atomic E-state index is 6.81. The minimum Gasteiger partial charge on any atom is -0.455 e. The molecule has 6 aromatic carbocycles. The molecule has 0 saturated carbocycles. The van der Waals surface area contributed by atoms with Crippen molar-refractivity contribution in [3.63, 3.8) is 0 Å². The Morgan fingerprint density at radius 2 is 1.02 bits per heavy atom. The summed E-state index contributed by atoms with van der Waals surface area (Å²) in [5.41, 5.74) is 7.23. The van der Waals surface area contributed by atoms with E-state index in [-0.39, 0.29) is 0 Å². The molecule has 0 N–H and O–H groups in total. The molecule has 0 saturated heterocycles. The van der Waals surface area contributed by atoms with Crippen molar-refractivity contribution in [3.05, 3.63) is 146 Å². The molecular formula is C42H24N4O2. The van der Waals surface area contributed by atoms with Crippen LogP contribution >= 0.6 is 0 Å². The lowest BCUT2D eigenvalue weighted by Crippen LogP contribution is -2.01. The SMILES string of the molecule is c1ccc(-c2nc(-c3ccccc3)nc(-c3ncc(-c4cccc5c4oc4ccccc45)c4oc5cc6ccccc6cc5c34)n2)cc1. The minimum atomic E-state index is 0.470. The largest absolute Gasteiger partial charge is 0.455 e. The van der Waals surface area contributed by atoms with Gasteiger partial charge in [0.25, 0.3) is 0 Å². The van der Waals surface area contributed by atoms with Gasteiger partial charge in [0.2, 0.25) is 0 Å². The molecule has 0 fully saturated rings. The molecule has 10 rings (SSSR count). The van der Waals surface area contributed by atoms with Crippen molar-refractivity contribution in [2.45, 2.75) is 0 Å². The third-order valence-corrected chi connectivity index (χ3v) is 8.97. The van der Waals surface area contributed by atoms with E-state index in [4.69, 9.17) is 28.8 Å². The highest BCUT2D eigenvalue weighted by atomic mass is 16.3. The van der Waals surface area contributed by atoms with Gasteiger partial charge in [-0.05, 0) is 29.0 Å². The number of para-hydroxylation sites is 2. The molecule has 0 aliphatic heterocycles. The predicted octanol–water partition coefficient (Wildman–Crippen LogP) is 10.9. The van der Waals surface area contributed by atoms with E-state index >= 15 is 0 Å². The van der Waals surface area contributed by atoms with Gasteiger partial charge in [0.1, 0.15) is 28.0 Å². The highest BCUT2D eigenvalue weighted by Crippen LogP contribution is 2.44. The van der Waals surface area contributed by atoms with Crippen molar-refractivity contribution in [1.82, 2.24) is 19.9 Å². The smallest absolute Gasteiger partial charge is 0.183 e. The second-order valence-electron chi connectivity index (χ2n) is 11.8. The van der Waals surface area contributed by atoms with Gasteiger partial charge in [-0.1, -0.05) is 121 Å². The number of pyridine rings is 1. The Kier molecular flexibility index (Phi) is 5.77. The van der Waals surface area contributed by atoms with E-state index in [9.17, 15) is 0 Å². The van der Waals surface area contributed by atoms with Gasteiger partial charge in [-0.3, -0.25) is 4.98 Å². The zero-order valence-electron chi connectivity index (χ0n) is 25.5. The Balaban J connectivity index is 1.30. The fraction of sp³-hybridized carbons (Fsp3) is 0. The highest BCUT2D eigenvalue weighted by Gasteiger charge is 2.24. The third kappa shape index (κ3) is 4.13. The number of furan rings is 2. The first-order chi connectivity index (χ1) is 23.8. The molecule has 10 aromatic rings. The van der Waals surface area contributed by atoms with Gasteiger partial charge in [0.05, 0.1) is 5.39 Å². The lowest BCUT2D eigenvalue weighted by molar-refractivity contribution is 0.665. The molecule has 0 unspecified atom stereocenters. The molecule has 0 atom stereocenters. The number of nitrogens with zero attached hydrogens (tertiary/aromatic N) is 4. The number of hydrogen-bond acceptors (Lipinski definition) is 6. The Morgan fingerprint density at radius 3 is 1.77 bits per heavy atom. The molecule has 6 heteroatoms. The molecule has 4 aromatic heterocycles. The van der Waals surface area contributed by atoms with Crippen molar-refractivity contribution in [1.29, 1.82) is 0 Å². The van der Waals surface area contributed by atoms with Crippen LogP contribution in [0.1, 0.15) is 0 Å². The van der Waals surface area contributed by atoms with Crippen LogP contribution < -0.4 is 0 Å². The number of hydrogen-bond donors (Lipinski definition) is 0. The molecule has 0 aliphatic rings. The molecule has 0 aliphatic carbocycles. The third-order valence-electron chi connectivity index (χ3n) is 8.97. The monoisotopic (exact) mass is 616 g/mol. The first-order valence-electron chi connectivity index (χ1n) is 15.8. The van der Waals surface area contributed by atoms with Crippen LogP contribution in [0.15, 0.2) is 155 Å². The van der Waals surface area contributed by atoms with Crippen molar-refractivity contribution in [2.24, 2.45) is 0 Å². The first-order valence-corrected chi connectivity index (χ1v) is 15.8. The standard InChI is InChI=1S/C42H24N4O2/c1-3-12-25(13-4-1)40-44-41(26-14-5-2-6-15-26)46-42(45-40)37-36-32-22-27-16-7-8-17-28(27)23-35(32)48-39(36)33(24-43-37)31-20-11-19-30-29-18-9-10-21-34(29)47-38(30)31/h1-24H. The Hall–Kier alpha value is -6.66. The van der Waals surface area contributed by atoms with E-state index in [0.717, 1.165) is 71.3 Å². The molecule has 0 amide bonds. The van der Waals surface area contributed by atoms with Crippen LogP contribution in [0.2, 0.25) is 0 Å². The predicted molar refractivity (Wildman–Crippen MR) is 191 cm³/mol. The summed E-state index contributed by atoms with van der Waals surface area (Å²) in [6, 6.07) is 46.8. The summed E-state index contributed by atoms with van der Waals surface area (Å²) in [4.78, 5) is 20.1. The van der Waals surface area contributed by atoms with Crippen LogP contribution in [0.5, 0.6) is 0 Å². The van der Waals surface area contributed by atoms with E-state index in [2.05, 4.69) is 48.5 Å². The Bertz CT molecular complexity index is 2780. The Labute approximate surface area is 274 Å². The zero-order valence-corrected chi connectivity index (χ0v) is 25.5. The number of aromatic nitrogens is 4. The van der Waals surface area contributed by atoms with Crippen LogP contribution in [0, 0.1) is 0 Å². The zero-order chi connectivity index (χ0) is 31.6. The molecule has 6 nitrogen and oxygen atoms in total. The number of benzene rings is 6. The second kappa shape index (κ2) is 10.4. The van der Waals surface area contributed by atoms with Crippen LogP contribution in [0.4, 0.5) is 0 Å². The molecule has 0 radical (unpaired) electrons. The van der Waals surface area contributed by atoms with Gasteiger partial charge in [0, 0.05) is 44.6 Å². The molecule has 48 heavy (non-hydrogen) atoms. The topological polar surface area (TPSA) is 77.8 Å². The summed E-state index contributed by atoms with van der Waals surface area (Å²) in [6.45, 7) is 0. The molecular weight excluding hydrogens is 592 g/mol. The van der Waals surface area contributed by atoms with Gasteiger partial charge < -0.3 is 8.83 Å². The quantitative estimate of drug-likeness (QED) is 0.196.